The Morgan fingerprint density at radius 1 is 1.18 bits per heavy atom. The molecule has 2 N–H and O–H groups in total. The van der Waals surface area contributed by atoms with Crippen LogP contribution in [0.1, 0.15) is 51.0 Å². The molecule has 2 heteroatoms. The Bertz CT molecular complexity index is 354. The van der Waals surface area contributed by atoms with Gasteiger partial charge in [-0.2, -0.15) is 0 Å². The van der Waals surface area contributed by atoms with E-state index in [9.17, 15) is 0 Å². The van der Waals surface area contributed by atoms with E-state index in [4.69, 9.17) is 10.5 Å². The fourth-order valence-corrected chi connectivity index (χ4v) is 2.35. The molecule has 1 aromatic rings. The molecular formula is C15H23NO. The highest BCUT2D eigenvalue weighted by Gasteiger charge is 2.19. The minimum absolute atomic E-state index is 0.359. The molecule has 1 saturated carbocycles. The lowest BCUT2D eigenvalue weighted by molar-refractivity contribution is 0.147. The lowest BCUT2D eigenvalue weighted by Crippen LogP contribution is -2.31. The van der Waals surface area contributed by atoms with Crippen LogP contribution in [0, 0.1) is 0 Å². The maximum Gasteiger partial charge on any atom is 0.119 e. The largest absolute Gasteiger partial charge is 0.490 e. The third-order valence-electron chi connectivity index (χ3n) is 3.55. The Morgan fingerprint density at radius 3 is 2.53 bits per heavy atom. The van der Waals surface area contributed by atoms with Crippen LogP contribution in [0.4, 0.5) is 0 Å². The molecule has 2 nitrogen and oxygen atoms in total. The van der Waals surface area contributed by atoms with Crippen molar-refractivity contribution in [1.29, 1.82) is 0 Å². The Labute approximate surface area is 104 Å². The number of ether oxygens (including phenoxy) is 1. The van der Waals surface area contributed by atoms with Crippen LogP contribution < -0.4 is 10.5 Å². The van der Waals surface area contributed by atoms with E-state index in [-0.39, 0.29) is 0 Å². The molecule has 0 unspecified atom stereocenters. The monoisotopic (exact) mass is 233 g/mol. The first-order valence-corrected chi connectivity index (χ1v) is 6.67. The van der Waals surface area contributed by atoms with E-state index in [0.29, 0.717) is 18.1 Å². The molecule has 17 heavy (non-hydrogen) atoms. The lowest BCUT2D eigenvalue weighted by atomic mass is 9.93. The zero-order valence-electron chi connectivity index (χ0n) is 10.9. The molecule has 0 aliphatic heterocycles. The van der Waals surface area contributed by atoms with Crippen LogP contribution in [0.2, 0.25) is 0 Å². The summed E-state index contributed by atoms with van der Waals surface area (Å²) in [4.78, 5) is 0. The summed E-state index contributed by atoms with van der Waals surface area (Å²) in [5, 5.41) is 0. The molecular weight excluding hydrogens is 210 g/mol. The highest BCUT2D eigenvalue weighted by molar-refractivity contribution is 5.30. The minimum Gasteiger partial charge on any atom is -0.490 e. The van der Waals surface area contributed by atoms with Gasteiger partial charge >= 0.3 is 0 Å². The fourth-order valence-electron chi connectivity index (χ4n) is 2.35. The highest BCUT2D eigenvalue weighted by Crippen LogP contribution is 2.25. The van der Waals surface area contributed by atoms with Crippen molar-refractivity contribution in [3.63, 3.8) is 0 Å². The van der Waals surface area contributed by atoms with Gasteiger partial charge in [0.2, 0.25) is 0 Å². The SMILES string of the molecule is CC(C)c1cccc(OC2CCC(N)CC2)c1. The molecule has 2 rings (SSSR count). The summed E-state index contributed by atoms with van der Waals surface area (Å²) in [5.41, 5.74) is 7.24. The zero-order chi connectivity index (χ0) is 12.3. The van der Waals surface area contributed by atoms with Crippen LogP contribution >= 0.6 is 0 Å². The van der Waals surface area contributed by atoms with Crippen LogP contribution in [0.15, 0.2) is 24.3 Å². The molecule has 1 aromatic carbocycles. The molecule has 0 atom stereocenters. The molecule has 94 valence electrons. The van der Waals surface area contributed by atoms with Gasteiger partial charge in [0, 0.05) is 6.04 Å². The molecule has 1 aliphatic carbocycles. The number of benzene rings is 1. The molecule has 0 radical (unpaired) electrons. The van der Waals surface area contributed by atoms with Gasteiger partial charge in [0.1, 0.15) is 5.75 Å². The molecule has 0 heterocycles. The summed E-state index contributed by atoms with van der Waals surface area (Å²) in [5.74, 6) is 1.56. The van der Waals surface area contributed by atoms with Crippen molar-refractivity contribution < 1.29 is 4.74 Å². The normalized spacial score (nSPS) is 24.9. The van der Waals surface area contributed by atoms with Crippen LogP contribution in [0.3, 0.4) is 0 Å². The van der Waals surface area contributed by atoms with Crippen molar-refractivity contribution in [3.05, 3.63) is 29.8 Å². The minimum atomic E-state index is 0.359. The first-order chi connectivity index (χ1) is 8.15. The molecule has 0 saturated heterocycles. The van der Waals surface area contributed by atoms with E-state index < -0.39 is 0 Å². The second kappa shape index (κ2) is 5.54. The Hall–Kier alpha value is -1.02. The summed E-state index contributed by atoms with van der Waals surface area (Å²) in [7, 11) is 0. The van der Waals surface area contributed by atoms with Gasteiger partial charge in [-0.15, -0.1) is 0 Å². The van der Waals surface area contributed by atoms with Gasteiger partial charge in [0.25, 0.3) is 0 Å². The van der Waals surface area contributed by atoms with E-state index in [1.807, 2.05) is 0 Å². The van der Waals surface area contributed by atoms with Crippen molar-refractivity contribution in [3.8, 4) is 5.75 Å². The first kappa shape index (κ1) is 12.4. The zero-order valence-corrected chi connectivity index (χ0v) is 10.9. The van der Waals surface area contributed by atoms with Gasteiger partial charge in [-0.3, -0.25) is 0 Å². The smallest absolute Gasteiger partial charge is 0.119 e. The number of nitrogens with two attached hydrogens (primary N) is 1. The highest BCUT2D eigenvalue weighted by atomic mass is 16.5. The Balaban J connectivity index is 1.96. The molecule has 1 fully saturated rings. The van der Waals surface area contributed by atoms with Crippen molar-refractivity contribution in [2.45, 2.75) is 57.6 Å². The van der Waals surface area contributed by atoms with Gasteiger partial charge in [-0.1, -0.05) is 26.0 Å². The van der Waals surface area contributed by atoms with Crippen LogP contribution in [-0.2, 0) is 0 Å². The molecule has 1 aliphatic rings. The second-order valence-corrected chi connectivity index (χ2v) is 5.38. The van der Waals surface area contributed by atoms with E-state index >= 15 is 0 Å². The summed E-state index contributed by atoms with van der Waals surface area (Å²) in [6.45, 7) is 4.41. The third-order valence-corrected chi connectivity index (χ3v) is 3.55. The molecule has 0 bridgehead atoms. The van der Waals surface area contributed by atoms with Crippen molar-refractivity contribution in [2.24, 2.45) is 5.73 Å². The summed E-state index contributed by atoms with van der Waals surface area (Å²) in [6, 6.07) is 8.85. The third kappa shape index (κ3) is 3.47. The summed E-state index contributed by atoms with van der Waals surface area (Å²) < 4.78 is 6.04. The van der Waals surface area contributed by atoms with Gasteiger partial charge in [-0.25, -0.2) is 0 Å². The standard InChI is InChI=1S/C15H23NO/c1-11(2)12-4-3-5-15(10-12)17-14-8-6-13(16)7-9-14/h3-5,10-11,13-14H,6-9,16H2,1-2H3. The first-order valence-electron chi connectivity index (χ1n) is 6.67. The van der Waals surface area contributed by atoms with Crippen molar-refractivity contribution >= 4 is 0 Å². The van der Waals surface area contributed by atoms with E-state index in [2.05, 4.69) is 38.1 Å². The predicted molar refractivity (Wildman–Crippen MR) is 71.4 cm³/mol. The Kier molecular flexibility index (Phi) is 4.06. The topological polar surface area (TPSA) is 35.2 Å². The van der Waals surface area contributed by atoms with Crippen molar-refractivity contribution in [1.82, 2.24) is 0 Å². The van der Waals surface area contributed by atoms with Gasteiger partial charge in [-0.05, 0) is 49.3 Å². The van der Waals surface area contributed by atoms with Crippen LogP contribution in [0.25, 0.3) is 0 Å². The fraction of sp³-hybridized carbons (Fsp3) is 0.600. The number of rotatable bonds is 3. The van der Waals surface area contributed by atoms with Gasteiger partial charge in [0.05, 0.1) is 6.10 Å². The second-order valence-electron chi connectivity index (χ2n) is 5.38. The molecule has 0 aromatic heterocycles. The van der Waals surface area contributed by atoms with Gasteiger partial charge in [0.15, 0.2) is 0 Å². The van der Waals surface area contributed by atoms with E-state index in [1.165, 1.54) is 5.56 Å². The number of hydrogen-bond donors (Lipinski definition) is 1. The van der Waals surface area contributed by atoms with E-state index in [0.717, 1.165) is 31.4 Å². The average molecular weight is 233 g/mol. The molecule has 0 amide bonds. The maximum absolute atomic E-state index is 6.04. The van der Waals surface area contributed by atoms with E-state index in [1.54, 1.807) is 0 Å². The average Bonchev–Trinajstić information content (AvgIpc) is 2.32. The van der Waals surface area contributed by atoms with Gasteiger partial charge < -0.3 is 10.5 Å². The predicted octanol–water partition coefficient (Wildman–Crippen LogP) is 3.46. The summed E-state index contributed by atoms with van der Waals surface area (Å²) in [6.07, 6.45) is 4.72. The summed E-state index contributed by atoms with van der Waals surface area (Å²) >= 11 is 0. The Morgan fingerprint density at radius 2 is 1.88 bits per heavy atom. The maximum atomic E-state index is 6.04. The van der Waals surface area contributed by atoms with Crippen molar-refractivity contribution in [2.75, 3.05) is 0 Å². The number of hydrogen-bond acceptors (Lipinski definition) is 2. The quantitative estimate of drug-likeness (QED) is 0.867. The molecule has 0 spiro atoms. The van der Waals surface area contributed by atoms with Crippen LogP contribution in [-0.4, -0.2) is 12.1 Å². The van der Waals surface area contributed by atoms with Crippen LogP contribution in [0.5, 0.6) is 5.75 Å². The lowest BCUT2D eigenvalue weighted by Gasteiger charge is -2.27.